The Morgan fingerprint density at radius 2 is 1.54 bits per heavy atom. The lowest BCUT2D eigenvalue weighted by molar-refractivity contribution is 0.0697. The third-order valence-corrected chi connectivity index (χ3v) is 4.80. The number of hydrogen-bond donors (Lipinski definition) is 2. The molecule has 2 aromatic rings. The summed E-state index contributed by atoms with van der Waals surface area (Å²) in [6, 6.07) is 14.2. The van der Waals surface area contributed by atoms with E-state index in [1.807, 2.05) is 6.07 Å². The van der Waals surface area contributed by atoms with Crippen LogP contribution in [0.15, 0.2) is 48.5 Å². The largest absolute Gasteiger partial charge is 0.478 e. The van der Waals surface area contributed by atoms with Gasteiger partial charge in [0.2, 0.25) is 0 Å². The van der Waals surface area contributed by atoms with Crippen molar-refractivity contribution in [3.8, 4) is 11.1 Å². The van der Waals surface area contributed by atoms with Gasteiger partial charge in [-0.25, -0.2) is 4.79 Å². The number of nitrogens with one attached hydrogen (secondary N) is 1. The first-order valence-electron chi connectivity index (χ1n) is 8.30. The molecule has 0 aromatic heterocycles. The van der Waals surface area contributed by atoms with Crippen molar-refractivity contribution in [2.45, 2.75) is 32.2 Å². The van der Waals surface area contributed by atoms with Crippen LogP contribution in [0.5, 0.6) is 0 Å². The van der Waals surface area contributed by atoms with Crippen molar-refractivity contribution in [1.29, 1.82) is 0 Å². The summed E-state index contributed by atoms with van der Waals surface area (Å²) in [5, 5.41) is 12.5. The van der Waals surface area contributed by atoms with Crippen molar-refractivity contribution >= 4 is 11.9 Å². The highest BCUT2D eigenvalue weighted by molar-refractivity contribution is 6.04. The fraction of sp³-hybridized carbons (Fsp3) is 0.300. The third-order valence-electron chi connectivity index (χ3n) is 4.80. The van der Waals surface area contributed by atoms with Crippen LogP contribution in [-0.4, -0.2) is 23.0 Å². The molecule has 24 heavy (non-hydrogen) atoms. The van der Waals surface area contributed by atoms with Crippen molar-refractivity contribution in [1.82, 2.24) is 5.32 Å². The van der Waals surface area contributed by atoms with Crippen molar-refractivity contribution in [2.75, 3.05) is 0 Å². The van der Waals surface area contributed by atoms with E-state index in [1.54, 1.807) is 42.5 Å². The first-order valence-corrected chi connectivity index (χ1v) is 8.30. The van der Waals surface area contributed by atoms with Crippen LogP contribution in [0.3, 0.4) is 0 Å². The molecule has 0 saturated heterocycles. The second kappa shape index (κ2) is 6.87. The molecule has 0 spiro atoms. The van der Waals surface area contributed by atoms with Gasteiger partial charge in [-0.2, -0.15) is 0 Å². The molecule has 1 aliphatic rings. The van der Waals surface area contributed by atoms with Crippen LogP contribution in [0, 0.1) is 5.92 Å². The highest BCUT2D eigenvalue weighted by atomic mass is 16.4. The molecule has 1 aliphatic carbocycles. The van der Waals surface area contributed by atoms with E-state index in [2.05, 4.69) is 12.2 Å². The van der Waals surface area contributed by atoms with Gasteiger partial charge in [0.1, 0.15) is 0 Å². The topological polar surface area (TPSA) is 66.4 Å². The lowest BCUT2D eigenvalue weighted by Crippen LogP contribution is -2.36. The van der Waals surface area contributed by atoms with E-state index in [4.69, 9.17) is 0 Å². The summed E-state index contributed by atoms with van der Waals surface area (Å²) in [4.78, 5) is 24.3. The number of carbonyl (C=O) groups excluding carboxylic acids is 1. The number of carboxylic acids is 1. The van der Waals surface area contributed by atoms with Gasteiger partial charge in [-0.05, 0) is 42.0 Å². The number of carboxylic acid groups (broad SMARTS) is 1. The SMILES string of the molecule is CC1CCCC1NC(=O)c1ccccc1-c1ccccc1C(=O)O. The normalized spacial score (nSPS) is 19.9. The van der Waals surface area contributed by atoms with Crippen LogP contribution >= 0.6 is 0 Å². The quantitative estimate of drug-likeness (QED) is 0.894. The van der Waals surface area contributed by atoms with E-state index < -0.39 is 5.97 Å². The summed E-state index contributed by atoms with van der Waals surface area (Å²) in [7, 11) is 0. The molecule has 2 aromatic carbocycles. The van der Waals surface area contributed by atoms with Crippen molar-refractivity contribution in [3.05, 3.63) is 59.7 Å². The Labute approximate surface area is 141 Å². The molecule has 2 atom stereocenters. The highest BCUT2D eigenvalue weighted by Crippen LogP contribution is 2.29. The number of rotatable bonds is 4. The van der Waals surface area contributed by atoms with E-state index in [0.717, 1.165) is 19.3 Å². The minimum absolute atomic E-state index is 0.135. The molecule has 0 heterocycles. The molecule has 4 heteroatoms. The molecule has 1 fully saturated rings. The predicted molar refractivity (Wildman–Crippen MR) is 93.1 cm³/mol. The van der Waals surface area contributed by atoms with E-state index in [1.165, 1.54) is 0 Å². The first-order chi connectivity index (χ1) is 11.6. The molecule has 1 saturated carbocycles. The molecule has 4 nitrogen and oxygen atoms in total. The van der Waals surface area contributed by atoms with Crippen LogP contribution in [0.25, 0.3) is 11.1 Å². The number of hydrogen-bond acceptors (Lipinski definition) is 2. The van der Waals surface area contributed by atoms with Crippen molar-refractivity contribution in [2.24, 2.45) is 5.92 Å². The van der Waals surface area contributed by atoms with Gasteiger partial charge in [-0.15, -0.1) is 0 Å². The molecule has 2 unspecified atom stereocenters. The third kappa shape index (κ3) is 3.18. The molecule has 0 bridgehead atoms. The molecule has 124 valence electrons. The van der Waals surface area contributed by atoms with E-state index in [0.29, 0.717) is 22.6 Å². The van der Waals surface area contributed by atoms with Crippen LogP contribution in [0.1, 0.15) is 46.9 Å². The maximum Gasteiger partial charge on any atom is 0.336 e. The first kappa shape index (κ1) is 16.2. The maximum absolute atomic E-state index is 12.8. The van der Waals surface area contributed by atoms with Gasteiger partial charge in [-0.3, -0.25) is 4.79 Å². The average Bonchev–Trinajstić information content (AvgIpc) is 2.99. The Morgan fingerprint density at radius 1 is 0.958 bits per heavy atom. The summed E-state index contributed by atoms with van der Waals surface area (Å²) >= 11 is 0. The Kier molecular flexibility index (Phi) is 4.65. The zero-order valence-electron chi connectivity index (χ0n) is 13.7. The fourth-order valence-electron chi connectivity index (χ4n) is 3.43. The zero-order chi connectivity index (χ0) is 17.1. The molecule has 1 amide bonds. The molecular weight excluding hydrogens is 302 g/mol. The molecule has 0 radical (unpaired) electrons. The number of amides is 1. The maximum atomic E-state index is 12.8. The lowest BCUT2D eigenvalue weighted by atomic mass is 9.94. The van der Waals surface area contributed by atoms with Crippen LogP contribution in [0.2, 0.25) is 0 Å². The Bertz CT molecular complexity index is 769. The molecule has 0 aliphatic heterocycles. The van der Waals surface area contributed by atoms with E-state index in [9.17, 15) is 14.7 Å². The summed E-state index contributed by atoms with van der Waals surface area (Å²) in [6.07, 6.45) is 3.27. The average molecular weight is 323 g/mol. The Hall–Kier alpha value is -2.62. The van der Waals surface area contributed by atoms with Crippen molar-refractivity contribution < 1.29 is 14.7 Å². The summed E-state index contributed by atoms with van der Waals surface area (Å²) in [6.45, 7) is 2.16. The zero-order valence-corrected chi connectivity index (χ0v) is 13.7. The second-order valence-electron chi connectivity index (χ2n) is 6.38. The Morgan fingerprint density at radius 3 is 2.12 bits per heavy atom. The molecular formula is C20H21NO3. The monoisotopic (exact) mass is 323 g/mol. The second-order valence-corrected chi connectivity index (χ2v) is 6.38. The number of aromatic carboxylic acids is 1. The van der Waals surface area contributed by atoms with Crippen molar-refractivity contribution in [3.63, 3.8) is 0 Å². The summed E-state index contributed by atoms with van der Waals surface area (Å²) < 4.78 is 0. The van der Waals surface area contributed by atoms with Gasteiger partial charge in [-0.1, -0.05) is 49.7 Å². The summed E-state index contributed by atoms with van der Waals surface area (Å²) in [5.74, 6) is -0.651. The smallest absolute Gasteiger partial charge is 0.336 e. The van der Waals surface area contributed by atoms with Gasteiger partial charge < -0.3 is 10.4 Å². The van der Waals surface area contributed by atoms with E-state index in [-0.39, 0.29) is 17.5 Å². The molecule has 2 N–H and O–H groups in total. The number of benzene rings is 2. The van der Waals surface area contributed by atoms with Gasteiger partial charge in [0, 0.05) is 11.6 Å². The highest BCUT2D eigenvalue weighted by Gasteiger charge is 2.26. The number of carbonyl (C=O) groups is 2. The van der Waals surface area contributed by atoms with Crippen LogP contribution in [0.4, 0.5) is 0 Å². The predicted octanol–water partition coefficient (Wildman–Crippen LogP) is 3.97. The van der Waals surface area contributed by atoms with Gasteiger partial charge in [0.15, 0.2) is 0 Å². The van der Waals surface area contributed by atoms with Crippen LogP contribution in [-0.2, 0) is 0 Å². The van der Waals surface area contributed by atoms with Gasteiger partial charge in [0.05, 0.1) is 5.56 Å². The van der Waals surface area contributed by atoms with Gasteiger partial charge >= 0.3 is 5.97 Å². The van der Waals surface area contributed by atoms with Crippen LogP contribution < -0.4 is 5.32 Å². The minimum atomic E-state index is -0.995. The fourth-order valence-corrected chi connectivity index (χ4v) is 3.43. The minimum Gasteiger partial charge on any atom is -0.478 e. The van der Waals surface area contributed by atoms with Gasteiger partial charge in [0.25, 0.3) is 5.91 Å². The summed E-state index contributed by atoms with van der Waals surface area (Å²) in [5.41, 5.74) is 1.94. The van der Waals surface area contributed by atoms with E-state index >= 15 is 0 Å². The molecule has 3 rings (SSSR count). The lowest BCUT2D eigenvalue weighted by Gasteiger charge is -2.19. The Balaban J connectivity index is 1.97. The standard InChI is InChI=1S/C20H21NO3/c1-13-7-6-12-18(13)21-19(22)16-10-4-2-8-14(16)15-9-3-5-11-17(15)20(23)24/h2-5,8-11,13,18H,6-7,12H2,1H3,(H,21,22)(H,23,24).